The highest BCUT2D eigenvalue weighted by atomic mass is 16.5. The number of carboxylic acid groups (broad SMARTS) is 1. The molecule has 3 unspecified atom stereocenters. The number of ether oxygens (including phenoxy) is 2. The quantitative estimate of drug-likeness (QED) is 0.807. The van der Waals surface area contributed by atoms with Crippen LogP contribution in [0.3, 0.4) is 0 Å². The van der Waals surface area contributed by atoms with E-state index in [-0.39, 0.29) is 23.6 Å². The molecule has 2 N–H and O–H groups in total. The second kappa shape index (κ2) is 6.65. The highest BCUT2D eigenvalue weighted by Crippen LogP contribution is 2.50. The van der Waals surface area contributed by atoms with Gasteiger partial charge in [0.1, 0.15) is 0 Å². The number of amides is 2. The lowest BCUT2D eigenvalue weighted by Crippen LogP contribution is -2.67. The van der Waals surface area contributed by atoms with Gasteiger partial charge < -0.3 is 24.8 Å². The van der Waals surface area contributed by atoms with E-state index < -0.39 is 11.9 Å². The van der Waals surface area contributed by atoms with Crippen molar-refractivity contribution < 1.29 is 24.2 Å². The normalized spacial score (nSPS) is 32.6. The maximum Gasteiger partial charge on any atom is 0.317 e. The zero-order valence-electron chi connectivity index (χ0n) is 13.6. The second-order valence-electron chi connectivity index (χ2n) is 6.80. The van der Waals surface area contributed by atoms with Crippen molar-refractivity contribution in [2.24, 2.45) is 11.3 Å². The van der Waals surface area contributed by atoms with Crippen LogP contribution in [0, 0.1) is 11.3 Å². The van der Waals surface area contributed by atoms with Gasteiger partial charge in [0, 0.05) is 44.4 Å². The van der Waals surface area contributed by atoms with Gasteiger partial charge in [0.25, 0.3) is 0 Å². The van der Waals surface area contributed by atoms with Crippen molar-refractivity contribution in [2.45, 2.75) is 44.8 Å². The Morgan fingerprint density at radius 3 is 2.74 bits per heavy atom. The molecule has 7 nitrogen and oxygen atoms in total. The number of nitrogens with one attached hydrogen (secondary N) is 1. The number of urea groups is 1. The lowest BCUT2D eigenvalue weighted by atomic mass is 9.57. The standard InChI is InChI=1S/C16H26N2O5/c1-2-23-13-9-12(16(13)4-7-22-8-5-16)17-15(21)18-6-3-11(10-18)14(19)20/h11-13H,2-10H2,1H3,(H,17,21)(H,19,20). The fourth-order valence-corrected chi connectivity index (χ4v) is 4.19. The van der Waals surface area contributed by atoms with E-state index in [4.69, 9.17) is 14.6 Å². The van der Waals surface area contributed by atoms with Crippen molar-refractivity contribution in [3.8, 4) is 0 Å². The molecule has 0 aromatic rings. The summed E-state index contributed by atoms with van der Waals surface area (Å²) in [4.78, 5) is 25.1. The molecule has 1 spiro atoms. The monoisotopic (exact) mass is 326 g/mol. The van der Waals surface area contributed by atoms with Crippen LogP contribution in [-0.2, 0) is 14.3 Å². The molecule has 3 aliphatic rings. The van der Waals surface area contributed by atoms with E-state index in [9.17, 15) is 9.59 Å². The van der Waals surface area contributed by atoms with Crippen molar-refractivity contribution in [2.75, 3.05) is 32.9 Å². The zero-order valence-corrected chi connectivity index (χ0v) is 13.6. The number of carbonyl (C=O) groups is 2. The molecule has 2 heterocycles. The predicted octanol–water partition coefficient (Wildman–Crippen LogP) is 1.08. The van der Waals surface area contributed by atoms with Gasteiger partial charge in [-0.3, -0.25) is 4.79 Å². The summed E-state index contributed by atoms with van der Waals surface area (Å²) >= 11 is 0. The maximum absolute atomic E-state index is 12.5. The average Bonchev–Trinajstić information content (AvgIpc) is 3.05. The topological polar surface area (TPSA) is 88.1 Å². The Labute approximate surface area is 136 Å². The molecule has 0 radical (unpaired) electrons. The molecular weight excluding hydrogens is 300 g/mol. The first-order chi connectivity index (χ1) is 11.1. The van der Waals surface area contributed by atoms with Crippen LogP contribution in [0.4, 0.5) is 4.79 Å². The van der Waals surface area contributed by atoms with Crippen molar-refractivity contribution in [1.82, 2.24) is 10.2 Å². The molecule has 1 aliphatic carbocycles. The first kappa shape index (κ1) is 16.5. The zero-order chi connectivity index (χ0) is 16.4. The molecule has 3 rings (SSSR count). The summed E-state index contributed by atoms with van der Waals surface area (Å²) in [6.45, 7) is 4.91. The number of rotatable bonds is 4. The molecular formula is C16H26N2O5. The van der Waals surface area contributed by atoms with Crippen molar-refractivity contribution in [3.63, 3.8) is 0 Å². The van der Waals surface area contributed by atoms with E-state index in [0.717, 1.165) is 19.3 Å². The highest BCUT2D eigenvalue weighted by Gasteiger charge is 2.56. The van der Waals surface area contributed by atoms with Gasteiger partial charge in [-0.2, -0.15) is 0 Å². The minimum absolute atomic E-state index is 0.0180. The Bertz CT molecular complexity index is 463. The Balaban J connectivity index is 1.59. The Morgan fingerprint density at radius 2 is 2.13 bits per heavy atom. The summed E-state index contributed by atoms with van der Waals surface area (Å²) in [6.07, 6.45) is 3.36. The van der Waals surface area contributed by atoms with Crippen LogP contribution in [0.25, 0.3) is 0 Å². The summed E-state index contributed by atoms with van der Waals surface area (Å²) in [6, 6.07) is -0.0427. The fraction of sp³-hybridized carbons (Fsp3) is 0.875. The minimum Gasteiger partial charge on any atom is -0.481 e. The second-order valence-corrected chi connectivity index (χ2v) is 6.80. The van der Waals surface area contributed by atoms with E-state index in [1.54, 1.807) is 4.90 Å². The molecule has 2 aliphatic heterocycles. The molecule has 2 saturated heterocycles. The van der Waals surface area contributed by atoms with Crippen LogP contribution >= 0.6 is 0 Å². The maximum atomic E-state index is 12.5. The lowest BCUT2D eigenvalue weighted by Gasteiger charge is -2.57. The third kappa shape index (κ3) is 3.04. The summed E-state index contributed by atoms with van der Waals surface area (Å²) in [5, 5.41) is 12.2. The summed E-state index contributed by atoms with van der Waals surface area (Å²) in [5.74, 6) is -1.25. The largest absolute Gasteiger partial charge is 0.481 e. The molecule has 3 fully saturated rings. The lowest BCUT2D eigenvalue weighted by molar-refractivity contribution is -0.170. The van der Waals surface area contributed by atoms with Crippen LogP contribution < -0.4 is 5.32 Å². The Kier molecular flexibility index (Phi) is 4.77. The molecule has 0 bridgehead atoms. The van der Waals surface area contributed by atoms with Gasteiger partial charge in [-0.15, -0.1) is 0 Å². The molecule has 130 valence electrons. The first-order valence-corrected chi connectivity index (χ1v) is 8.54. The smallest absolute Gasteiger partial charge is 0.317 e. The average molecular weight is 326 g/mol. The van der Waals surface area contributed by atoms with E-state index in [2.05, 4.69) is 5.32 Å². The SMILES string of the molecule is CCOC1CC(NC(=O)N2CCC(C(=O)O)C2)C12CCOCC2. The summed E-state index contributed by atoms with van der Waals surface area (Å²) < 4.78 is 11.3. The van der Waals surface area contributed by atoms with Gasteiger partial charge in [0.15, 0.2) is 0 Å². The molecule has 1 saturated carbocycles. The van der Waals surface area contributed by atoms with Crippen LogP contribution in [0.15, 0.2) is 0 Å². The van der Waals surface area contributed by atoms with Crippen molar-refractivity contribution in [1.29, 1.82) is 0 Å². The molecule has 7 heteroatoms. The number of carbonyl (C=O) groups excluding carboxylic acids is 1. The number of hydrogen-bond acceptors (Lipinski definition) is 4. The number of hydrogen-bond donors (Lipinski definition) is 2. The summed E-state index contributed by atoms with van der Waals surface area (Å²) in [5.41, 5.74) is -0.0180. The van der Waals surface area contributed by atoms with E-state index in [1.165, 1.54) is 0 Å². The highest BCUT2D eigenvalue weighted by molar-refractivity contribution is 5.77. The Morgan fingerprint density at radius 1 is 1.39 bits per heavy atom. The third-order valence-electron chi connectivity index (χ3n) is 5.70. The van der Waals surface area contributed by atoms with Gasteiger partial charge >= 0.3 is 12.0 Å². The molecule has 0 aromatic heterocycles. The summed E-state index contributed by atoms with van der Waals surface area (Å²) in [7, 11) is 0. The fourth-order valence-electron chi connectivity index (χ4n) is 4.19. The van der Waals surface area contributed by atoms with Crippen molar-refractivity contribution >= 4 is 12.0 Å². The molecule has 3 atom stereocenters. The number of nitrogens with zero attached hydrogens (tertiary/aromatic N) is 1. The van der Waals surface area contributed by atoms with Crippen LogP contribution in [-0.4, -0.2) is 67.1 Å². The predicted molar refractivity (Wildman–Crippen MR) is 82.2 cm³/mol. The number of aliphatic carboxylic acids is 1. The van der Waals surface area contributed by atoms with Crippen LogP contribution in [0.2, 0.25) is 0 Å². The Hall–Kier alpha value is -1.34. The first-order valence-electron chi connectivity index (χ1n) is 8.54. The van der Waals surface area contributed by atoms with Crippen LogP contribution in [0.5, 0.6) is 0 Å². The van der Waals surface area contributed by atoms with Gasteiger partial charge in [0.05, 0.1) is 12.0 Å². The minimum atomic E-state index is -0.818. The third-order valence-corrected chi connectivity index (χ3v) is 5.70. The van der Waals surface area contributed by atoms with Gasteiger partial charge in [-0.1, -0.05) is 0 Å². The number of carboxylic acids is 1. The van der Waals surface area contributed by atoms with Crippen LogP contribution in [0.1, 0.15) is 32.6 Å². The van der Waals surface area contributed by atoms with E-state index in [0.29, 0.717) is 39.3 Å². The molecule has 2 amide bonds. The van der Waals surface area contributed by atoms with Crippen molar-refractivity contribution in [3.05, 3.63) is 0 Å². The molecule has 23 heavy (non-hydrogen) atoms. The van der Waals surface area contributed by atoms with Gasteiger partial charge in [-0.05, 0) is 32.6 Å². The number of likely N-dealkylation sites (tertiary alicyclic amines) is 1. The van der Waals surface area contributed by atoms with E-state index >= 15 is 0 Å². The van der Waals surface area contributed by atoms with Gasteiger partial charge in [-0.25, -0.2) is 4.79 Å². The molecule has 0 aromatic carbocycles. The van der Waals surface area contributed by atoms with E-state index in [1.807, 2.05) is 6.92 Å². The van der Waals surface area contributed by atoms with Gasteiger partial charge in [0.2, 0.25) is 0 Å².